The van der Waals surface area contributed by atoms with Crippen molar-refractivity contribution in [3.8, 4) is 0 Å². The van der Waals surface area contributed by atoms with Crippen LogP contribution in [0.25, 0.3) is 22.2 Å². The molecule has 0 amide bonds. The van der Waals surface area contributed by atoms with Gasteiger partial charge in [0.05, 0.1) is 50.5 Å². The predicted octanol–water partition coefficient (Wildman–Crippen LogP) is 2.30. The normalized spacial score (nSPS) is 16.3. The second-order valence-electron chi connectivity index (χ2n) is 8.90. The number of furan rings is 1. The molecule has 0 radical (unpaired) electrons. The van der Waals surface area contributed by atoms with E-state index in [0.29, 0.717) is 23.8 Å². The van der Waals surface area contributed by atoms with Gasteiger partial charge in [-0.3, -0.25) is 0 Å². The molecule has 150 valence electrons. The van der Waals surface area contributed by atoms with Gasteiger partial charge in [0.25, 0.3) is 0 Å². The van der Waals surface area contributed by atoms with Crippen LogP contribution in [-0.4, -0.2) is 47.7 Å². The number of pyridine rings is 1. The Hall–Kier alpha value is -2.25. The summed E-state index contributed by atoms with van der Waals surface area (Å²) in [4.78, 5) is 15.2. The smallest absolute Gasteiger partial charge is 0.229 e. The van der Waals surface area contributed by atoms with Crippen molar-refractivity contribution in [2.45, 2.75) is 52.2 Å². The third-order valence-electron chi connectivity index (χ3n) is 5.32. The molecule has 1 aliphatic heterocycles. The second kappa shape index (κ2) is 6.97. The van der Waals surface area contributed by atoms with Crippen LogP contribution in [-0.2, 0) is 17.8 Å². The molecule has 3 aromatic rings. The minimum Gasteiger partial charge on any atom is -0.432 e. The molecule has 1 aliphatic rings. The zero-order chi connectivity index (χ0) is 20.1. The van der Waals surface area contributed by atoms with Crippen molar-refractivity contribution in [1.29, 1.82) is 0 Å². The van der Waals surface area contributed by atoms with Gasteiger partial charge in [-0.15, -0.1) is 0 Å². The number of rotatable bonds is 5. The van der Waals surface area contributed by atoms with E-state index >= 15 is 0 Å². The van der Waals surface area contributed by atoms with Crippen molar-refractivity contribution >= 4 is 28.0 Å². The van der Waals surface area contributed by atoms with E-state index in [2.05, 4.69) is 57.1 Å². The summed E-state index contributed by atoms with van der Waals surface area (Å²) in [6.45, 7) is 11.0. The summed E-state index contributed by atoms with van der Waals surface area (Å²) in [7, 11) is 4.26. The van der Waals surface area contributed by atoms with Crippen LogP contribution in [0.5, 0.6) is 0 Å². The number of quaternary nitrogens is 1. The Morgan fingerprint density at radius 1 is 1.21 bits per heavy atom. The van der Waals surface area contributed by atoms with E-state index in [9.17, 15) is 0 Å². The van der Waals surface area contributed by atoms with Gasteiger partial charge in [-0.25, -0.2) is 15.0 Å². The van der Waals surface area contributed by atoms with Crippen molar-refractivity contribution in [2.24, 2.45) is 0 Å². The minimum absolute atomic E-state index is 0.221. The molecule has 0 bridgehead atoms. The molecule has 0 aliphatic carbocycles. The lowest BCUT2D eigenvalue weighted by atomic mass is 9.87. The molecule has 4 heterocycles. The molecule has 0 saturated carbocycles. The summed E-state index contributed by atoms with van der Waals surface area (Å²) >= 11 is 0. The van der Waals surface area contributed by atoms with Crippen LogP contribution in [0.3, 0.4) is 0 Å². The maximum Gasteiger partial charge on any atom is 0.229 e. The number of hydrogen-bond acceptors (Lipinski definition) is 6. The first-order chi connectivity index (χ1) is 13.3. The molecule has 0 fully saturated rings. The summed E-state index contributed by atoms with van der Waals surface area (Å²) in [6, 6.07) is 0. The van der Waals surface area contributed by atoms with E-state index < -0.39 is 0 Å². The molecule has 4 rings (SSSR count). The standard InChI is InChI=1S/C21H29N5O2/c1-12(2)16-14-10-27-21(3,4)9-13(14)15-17-18(28-20(15)25-16)19(24-11-23-17)22-7-8-26(5)6/h11-12H,7-10H2,1-6H3,(H,22,23,24)/p+1. The largest absolute Gasteiger partial charge is 0.432 e. The van der Waals surface area contributed by atoms with Crippen LogP contribution in [0, 0.1) is 0 Å². The minimum atomic E-state index is -0.221. The highest BCUT2D eigenvalue weighted by Gasteiger charge is 2.32. The lowest BCUT2D eigenvalue weighted by molar-refractivity contribution is -0.856. The first-order valence-corrected chi connectivity index (χ1v) is 10.0. The molecule has 28 heavy (non-hydrogen) atoms. The Balaban J connectivity index is 1.91. The number of aromatic nitrogens is 3. The summed E-state index contributed by atoms with van der Waals surface area (Å²) in [6.07, 6.45) is 2.42. The molecule has 2 N–H and O–H groups in total. The number of nitrogens with one attached hydrogen (secondary N) is 2. The van der Waals surface area contributed by atoms with E-state index in [-0.39, 0.29) is 5.60 Å². The van der Waals surface area contributed by atoms with Gasteiger partial charge in [-0.2, -0.15) is 0 Å². The average Bonchev–Trinajstić information content (AvgIpc) is 2.99. The summed E-state index contributed by atoms with van der Waals surface area (Å²) < 4.78 is 12.3. The molecule has 0 unspecified atom stereocenters. The van der Waals surface area contributed by atoms with Gasteiger partial charge in [-0.1, -0.05) is 13.8 Å². The molecule has 7 nitrogen and oxygen atoms in total. The highest BCUT2D eigenvalue weighted by molar-refractivity contribution is 6.06. The number of ether oxygens (including phenoxy) is 1. The monoisotopic (exact) mass is 384 g/mol. The lowest BCUT2D eigenvalue weighted by Crippen LogP contribution is -3.06. The fourth-order valence-corrected chi connectivity index (χ4v) is 3.87. The Morgan fingerprint density at radius 2 is 2.00 bits per heavy atom. The molecule has 0 aromatic carbocycles. The van der Waals surface area contributed by atoms with E-state index in [4.69, 9.17) is 14.1 Å². The average molecular weight is 385 g/mol. The Labute approximate surface area is 165 Å². The van der Waals surface area contributed by atoms with Gasteiger partial charge in [0.2, 0.25) is 5.71 Å². The van der Waals surface area contributed by atoms with Crippen LogP contribution in [0.2, 0.25) is 0 Å². The van der Waals surface area contributed by atoms with Crippen LogP contribution < -0.4 is 10.2 Å². The Kier molecular flexibility index (Phi) is 4.75. The highest BCUT2D eigenvalue weighted by atomic mass is 16.5. The van der Waals surface area contributed by atoms with E-state index in [1.807, 2.05) is 0 Å². The molecular formula is C21H30N5O2+. The van der Waals surface area contributed by atoms with Gasteiger partial charge in [0, 0.05) is 12.0 Å². The van der Waals surface area contributed by atoms with Crippen molar-refractivity contribution in [3.05, 3.63) is 23.1 Å². The van der Waals surface area contributed by atoms with Crippen LogP contribution in [0.15, 0.2) is 10.7 Å². The topological polar surface area (TPSA) is 77.5 Å². The predicted molar refractivity (Wildman–Crippen MR) is 110 cm³/mol. The van der Waals surface area contributed by atoms with E-state index in [1.165, 1.54) is 16.0 Å². The first-order valence-electron chi connectivity index (χ1n) is 10.0. The molecule has 7 heteroatoms. The molecule has 0 saturated heterocycles. The zero-order valence-electron chi connectivity index (χ0n) is 17.6. The van der Waals surface area contributed by atoms with Gasteiger partial charge in [0.15, 0.2) is 11.4 Å². The van der Waals surface area contributed by atoms with E-state index in [0.717, 1.165) is 41.9 Å². The molecular weight excluding hydrogens is 354 g/mol. The maximum atomic E-state index is 6.22. The molecule has 0 atom stereocenters. The summed E-state index contributed by atoms with van der Waals surface area (Å²) in [5.74, 6) is 1.03. The molecule has 0 spiro atoms. The van der Waals surface area contributed by atoms with Crippen molar-refractivity contribution in [1.82, 2.24) is 15.0 Å². The lowest BCUT2D eigenvalue weighted by Gasteiger charge is -2.33. The van der Waals surface area contributed by atoms with Crippen molar-refractivity contribution in [2.75, 3.05) is 32.5 Å². The number of anilines is 1. The van der Waals surface area contributed by atoms with Gasteiger partial charge in [-0.05, 0) is 25.3 Å². The number of fused-ring (bicyclic) bond motifs is 5. The second-order valence-corrected chi connectivity index (χ2v) is 8.90. The van der Waals surface area contributed by atoms with Gasteiger partial charge >= 0.3 is 0 Å². The fourth-order valence-electron chi connectivity index (χ4n) is 3.87. The van der Waals surface area contributed by atoms with Gasteiger partial charge in [0.1, 0.15) is 11.8 Å². The number of hydrogen-bond donors (Lipinski definition) is 2. The SMILES string of the molecule is CC(C)c1nc2oc3c(NCC[NH+](C)C)ncnc3c2c2c1COC(C)(C)C2. The quantitative estimate of drug-likeness (QED) is 0.703. The van der Waals surface area contributed by atoms with E-state index in [1.54, 1.807) is 6.33 Å². The first kappa shape index (κ1) is 19.1. The summed E-state index contributed by atoms with van der Waals surface area (Å²) in [5.41, 5.74) is 5.45. The van der Waals surface area contributed by atoms with Crippen LogP contribution in [0.4, 0.5) is 5.82 Å². The van der Waals surface area contributed by atoms with Crippen LogP contribution in [0.1, 0.15) is 50.4 Å². The zero-order valence-corrected chi connectivity index (χ0v) is 17.6. The third kappa shape index (κ3) is 3.33. The Bertz CT molecular complexity index is 1020. The summed E-state index contributed by atoms with van der Waals surface area (Å²) in [5, 5.41) is 4.40. The fraction of sp³-hybridized carbons (Fsp3) is 0.571. The third-order valence-corrected chi connectivity index (χ3v) is 5.32. The van der Waals surface area contributed by atoms with Crippen molar-refractivity contribution in [3.63, 3.8) is 0 Å². The number of likely N-dealkylation sites (N-methyl/N-ethyl adjacent to an activating group) is 1. The van der Waals surface area contributed by atoms with Crippen LogP contribution >= 0.6 is 0 Å². The Morgan fingerprint density at radius 3 is 2.71 bits per heavy atom. The number of nitrogens with zero attached hydrogens (tertiary/aromatic N) is 3. The van der Waals surface area contributed by atoms with Gasteiger partial charge < -0.3 is 19.4 Å². The maximum absolute atomic E-state index is 6.22. The molecule has 3 aromatic heterocycles. The highest BCUT2D eigenvalue weighted by Crippen LogP contribution is 2.40. The van der Waals surface area contributed by atoms with Crippen molar-refractivity contribution < 1.29 is 14.1 Å².